The summed E-state index contributed by atoms with van der Waals surface area (Å²) in [6.07, 6.45) is 4.30. The summed E-state index contributed by atoms with van der Waals surface area (Å²) in [7, 11) is -0.521. The monoisotopic (exact) mass is 257 g/mol. The molecular weight excluding hydrogens is 238 g/mol. The maximum Gasteiger partial charge on any atom is 0.326 e. The lowest BCUT2D eigenvalue weighted by molar-refractivity contribution is -0.141. The van der Waals surface area contributed by atoms with Gasteiger partial charge in [0, 0.05) is 0 Å². The van der Waals surface area contributed by atoms with Crippen molar-refractivity contribution in [2.45, 2.75) is 26.3 Å². The van der Waals surface area contributed by atoms with Gasteiger partial charge < -0.3 is 10.4 Å². The van der Waals surface area contributed by atoms with Crippen LogP contribution >= 0.6 is 10.9 Å². The molecule has 1 aliphatic heterocycles. The maximum absolute atomic E-state index is 11.7. The molecule has 2 N–H and O–H groups in total. The molecule has 0 fully saturated rings. The minimum absolute atomic E-state index is 0.180. The quantitative estimate of drug-likeness (QED) is 0.634. The highest BCUT2D eigenvalue weighted by molar-refractivity contribution is 8.22. The predicted octanol–water partition coefficient (Wildman–Crippen LogP) is 1.64. The highest BCUT2D eigenvalue weighted by Crippen LogP contribution is 2.31. The van der Waals surface area contributed by atoms with Crippen LogP contribution in [0.15, 0.2) is 23.0 Å². The van der Waals surface area contributed by atoms with Crippen LogP contribution in [0.3, 0.4) is 0 Å². The van der Waals surface area contributed by atoms with Gasteiger partial charge in [0.25, 0.3) is 0 Å². The summed E-state index contributed by atoms with van der Waals surface area (Å²) in [5, 5.41) is 15.6. The fourth-order valence-corrected chi connectivity index (χ4v) is 2.95. The highest BCUT2D eigenvalue weighted by atomic mass is 32.2. The molecule has 0 aromatic heterocycles. The fourth-order valence-electron chi connectivity index (χ4n) is 1.57. The Balaban J connectivity index is 2.43. The molecule has 1 amide bonds. The normalized spacial score (nSPS) is 17.5. The number of amides is 1. The molecule has 0 bridgehead atoms. The molecule has 0 radical (unpaired) electrons. The van der Waals surface area contributed by atoms with Crippen LogP contribution in [-0.4, -0.2) is 28.8 Å². The Hall–Kier alpha value is -1.23. The third kappa shape index (κ3) is 5.08. The van der Waals surface area contributed by atoms with E-state index in [0.717, 1.165) is 0 Å². The summed E-state index contributed by atoms with van der Waals surface area (Å²) in [5.74, 6) is -0.518. The van der Waals surface area contributed by atoms with Crippen molar-refractivity contribution in [1.82, 2.24) is 5.32 Å². The Bertz CT molecular complexity index is 338. The van der Waals surface area contributed by atoms with Gasteiger partial charge in [-0.15, -0.1) is 0 Å². The van der Waals surface area contributed by atoms with Crippen molar-refractivity contribution in [3.8, 4) is 0 Å². The molecule has 1 rings (SSSR count). The van der Waals surface area contributed by atoms with E-state index in [1.165, 1.54) is 0 Å². The van der Waals surface area contributed by atoms with Gasteiger partial charge in [0.1, 0.15) is 6.04 Å². The van der Waals surface area contributed by atoms with E-state index in [1.54, 1.807) is 0 Å². The second kappa shape index (κ2) is 6.49. The average Bonchev–Trinajstić information content (AvgIpc) is 2.68. The number of hydrogen-bond donors (Lipinski definition) is 3. The van der Waals surface area contributed by atoms with E-state index in [4.69, 9.17) is 5.11 Å². The number of aliphatic carboxylic acids is 1. The summed E-state index contributed by atoms with van der Waals surface area (Å²) >= 11 is 0. The van der Waals surface area contributed by atoms with Crippen molar-refractivity contribution in [1.29, 1.82) is 0 Å². The molecule has 0 aromatic carbocycles. The van der Waals surface area contributed by atoms with Crippen LogP contribution in [0, 0.1) is 5.92 Å². The van der Waals surface area contributed by atoms with Crippen LogP contribution in [0.25, 0.3) is 0 Å². The van der Waals surface area contributed by atoms with Crippen molar-refractivity contribution in [3.63, 3.8) is 0 Å². The number of carbonyl (C=O) groups excluding carboxylic acids is 1. The lowest BCUT2D eigenvalue weighted by atomic mass is 10.0. The number of carboxylic acids is 1. The van der Waals surface area contributed by atoms with E-state index in [-0.39, 0.29) is 11.8 Å². The summed E-state index contributed by atoms with van der Waals surface area (Å²) in [5.41, 5.74) is 0. The van der Waals surface area contributed by atoms with Crippen LogP contribution in [0.4, 0.5) is 0 Å². The maximum atomic E-state index is 11.7. The Labute approximate surface area is 104 Å². The minimum Gasteiger partial charge on any atom is -0.480 e. The SMILES string of the molecule is CC(C)C[C@H](NC(=O)C[SH]1C=CC=C1)C(=O)O. The molecule has 0 aromatic rings. The van der Waals surface area contributed by atoms with E-state index < -0.39 is 22.9 Å². The summed E-state index contributed by atoms with van der Waals surface area (Å²) in [6, 6.07) is -0.770. The minimum atomic E-state index is -0.961. The van der Waals surface area contributed by atoms with Crippen molar-refractivity contribution >= 4 is 22.8 Å². The zero-order valence-corrected chi connectivity index (χ0v) is 11.0. The Morgan fingerprint density at radius 1 is 1.29 bits per heavy atom. The first-order chi connectivity index (χ1) is 7.99. The van der Waals surface area contributed by atoms with Crippen LogP contribution < -0.4 is 5.32 Å². The van der Waals surface area contributed by atoms with E-state index in [1.807, 2.05) is 36.8 Å². The standard InChI is InChI=1S/C12H19NO3S/c1-9(2)7-10(12(15)16)13-11(14)8-17-5-3-4-6-17/h3-6,9-10,17H,7-8H2,1-2H3,(H,13,14)(H,15,16)/t10-/m0/s1. The molecule has 1 atom stereocenters. The van der Waals surface area contributed by atoms with Crippen molar-refractivity contribution in [3.05, 3.63) is 23.0 Å². The number of carboxylic acid groups (broad SMARTS) is 1. The van der Waals surface area contributed by atoms with Crippen LogP contribution in [0.5, 0.6) is 0 Å². The van der Waals surface area contributed by atoms with E-state index in [0.29, 0.717) is 12.2 Å². The first kappa shape index (κ1) is 13.8. The molecule has 4 nitrogen and oxygen atoms in total. The number of thiol groups is 1. The first-order valence-electron chi connectivity index (χ1n) is 5.62. The molecule has 96 valence electrons. The topological polar surface area (TPSA) is 66.4 Å². The van der Waals surface area contributed by atoms with Crippen molar-refractivity contribution in [2.24, 2.45) is 5.92 Å². The van der Waals surface area contributed by atoms with Gasteiger partial charge in [0.15, 0.2) is 0 Å². The van der Waals surface area contributed by atoms with Gasteiger partial charge in [0.05, 0.1) is 5.75 Å². The van der Waals surface area contributed by atoms with E-state index in [2.05, 4.69) is 5.32 Å². The molecule has 1 aliphatic rings. The van der Waals surface area contributed by atoms with Crippen LogP contribution in [-0.2, 0) is 9.59 Å². The molecule has 17 heavy (non-hydrogen) atoms. The van der Waals surface area contributed by atoms with Crippen LogP contribution in [0.2, 0.25) is 0 Å². The lowest BCUT2D eigenvalue weighted by Gasteiger charge is -2.18. The molecule has 0 saturated heterocycles. The van der Waals surface area contributed by atoms with Gasteiger partial charge in [-0.3, -0.25) is 4.79 Å². The number of rotatable bonds is 6. The zero-order valence-electron chi connectivity index (χ0n) is 10.1. The van der Waals surface area contributed by atoms with Crippen LogP contribution in [0.1, 0.15) is 20.3 Å². The Morgan fingerprint density at radius 3 is 2.35 bits per heavy atom. The molecular formula is C12H19NO3S. The largest absolute Gasteiger partial charge is 0.480 e. The summed E-state index contributed by atoms with van der Waals surface area (Å²) in [6.45, 7) is 3.88. The second-order valence-corrected chi connectivity index (χ2v) is 6.38. The highest BCUT2D eigenvalue weighted by Gasteiger charge is 2.21. The van der Waals surface area contributed by atoms with Gasteiger partial charge in [0.2, 0.25) is 5.91 Å². The predicted molar refractivity (Wildman–Crippen MR) is 71.2 cm³/mol. The van der Waals surface area contributed by atoms with Gasteiger partial charge in [-0.25, -0.2) is 15.7 Å². The van der Waals surface area contributed by atoms with Crippen molar-refractivity contribution < 1.29 is 14.7 Å². The number of hydrogen-bond acceptors (Lipinski definition) is 2. The fraction of sp³-hybridized carbons (Fsp3) is 0.500. The average molecular weight is 257 g/mol. The first-order valence-corrected chi connectivity index (χ1v) is 7.28. The van der Waals surface area contributed by atoms with Gasteiger partial charge in [-0.2, -0.15) is 0 Å². The Kier molecular flexibility index (Phi) is 5.28. The van der Waals surface area contributed by atoms with E-state index in [9.17, 15) is 9.59 Å². The molecule has 0 saturated carbocycles. The molecule has 1 heterocycles. The number of allylic oxidation sites excluding steroid dienone is 2. The zero-order chi connectivity index (χ0) is 12.8. The third-order valence-corrected chi connectivity index (χ3v) is 4.10. The molecule has 0 spiro atoms. The van der Waals surface area contributed by atoms with Gasteiger partial charge in [-0.05, 0) is 23.2 Å². The number of nitrogens with one attached hydrogen (secondary N) is 1. The Morgan fingerprint density at radius 2 is 1.88 bits per heavy atom. The van der Waals surface area contributed by atoms with Gasteiger partial charge >= 0.3 is 5.97 Å². The molecule has 0 unspecified atom stereocenters. The second-order valence-electron chi connectivity index (χ2n) is 4.44. The number of carbonyl (C=O) groups is 2. The summed E-state index contributed by atoms with van der Waals surface area (Å²) < 4.78 is 0. The smallest absolute Gasteiger partial charge is 0.326 e. The van der Waals surface area contributed by atoms with Crippen molar-refractivity contribution in [2.75, 3.05) is 5.75 Å². The summed E-state index contributed by atoms with van der Waals surface area (Å²) in [4.78, 5) is 22.6. The lowest BCUT2D eigenvalue weighted by Crippen LogP contribution is -2.42. The third-order valence-electron chi connectivity index (χ3n) is 2.33. The molecule has 5 heteroatoms. The van der Waals surface area contributed by atoms with Gasteiger partial charge in [-0.1, -0.05) is 26.0 Å². The molecule has 0 aliphatic carbocycles. The van der Waals surface area contributed by atoms with E-state index >= 15 is 0 Å².